The van der Waals surface area contributed by atoms with E-state index in [0.29, 0.717) is 0 Å². The molecule has 2 aliphatic rings. The zero-order valence-electron chi connectivity index (χ0n) is 15.6. The Hall–Kier alpha value is -0.940. The summed E-state index contributed by atoms with van der Waals surface area (Å²) in [4.78, 5) is 10.3. The van der Waals surface area contributed by atoms with E-state index in [9.17, 15) is 0 Å². The normalized spacial score (nSPS) is 28.6. The second-order valence-electron chi connectivity index (χ2n) is 7.63. The van der Waals surface area contributed by atoms with Crippen LogP contribution in [-0.4, -0.2) is 86.1 Å². The first kappa shape index (κ1) is 17.9. The maximum atomic E-state index is 2.66. The zero-order chi connectivity index (χ0) is 16.8. The number of nitrogens with zero attached hydrogens (tertiary/aromatic N) is 4. The van der Waals surface area contributed by atoms with Crippen molar-refractivity contribution < 1.29 is 0 Å². The zero-order valence-corrected chi connectivity index (χ0v) is 15.6. The largest absolute Gasteiger partial charge is 0.305 e. The molecule has 3 rings (SSSR count). The topological polar surface area (TPSA) is 13.0 Å². The lowest BCUT2D eigenvalue weighted by molar-refractivity contribution is 0.166. The Labute approximate surface area is 148 Å². The molecule has 2 bridgehead atoms. The fourth-order valence-corrected chi connectivity index (χ4v) is 3.86. The lowest BCUT2D eigenvalue weighted by Crippen LogP contribution is -2.40. The van der Waals surface area contributed by atoms with Crippen molar-refractivity contribution in [1.82, 2.24) is 19.6 Å². The summed E-state index contributed by atoms with van der Waals surface area (Å²) in [5, 5.41) is 0. The van der Waals surface area contributed by atoms with Crippen molar-refractivity contribution >= 4 is 0 Å². The molecule has 24 heavy (non-hydrogen) atoms. The van der Waals surface area contributed by atoms with E-state index in [1.54, 1.807) is 0 Å². The standard InChI is InChI=1S/C20H34N4/c1-21-9-5-11-24-16-14-22(2)10-6-12-23(15-13-21)17-19-7-3-4-8-20(19)18-24/h3-4,7-8H,5-6,9-18H2,1-2H3. The molecular formula is C20H34N4. The third kappa shape index (κ3) is 5.28. The van der Waals surface area contributed by atoms with E-state index >= 15 is 0 Å². The Morgan fingerprint density at radius 3 is 1.50 bits per heavy atom. The predicted molar refractivity (Wildman–Crippen MR) is 101 cm³/mol. The maximum absolute atomic E-state index is 2.66. The number of rotatable bonds is 0. The van der Waals surface area contributed by atoms with Crippen LogP contribution in [0.1, 0.15) is 24.0 Å². The van der Waals surface area contributed by atoms with Crippen molar-refractivity contribution in [2.24, 2.45) is 0 Å². The molecule has 134 valence electrons. The van der Waals surface area contributed by atoms with Gasteiger partial charge in [-0.1, -0.05) is 24.3 Å². The molecule has 0 aromatic heterocycles. The molecule has 0 fully saturated rings. The van der Waals surface area contributed by atoms with Crippen molar-refractivity contribution in [3.8, 4) is 0 Å². The van der Waals surface area contributed by atoms with Crippen LogP contribution in [-0.2, 0) is 13.1 Å². The van der Waals surface area contributed by atoms with Crippen LogP contribution in [0.5, 0.6) is 0 Å². The molecule has 4 nitrogen and oxygen atoms in total. The fraction of sp³-hybridized carbons (Fsp3) is 0.700. The van der Waals surface area contributed by atoms with Gasteiger partial charge in [-0.2, -0.15) is 0 Å². The molecule has 2 aliphatic heterocycles. The summed E-state index contributed by atoms with van der Waals surface area (Å²) < 4.78 is 0. The first-order valence-corrected chi connectivity index (χ1v) is 9.59. The summed E-state index contributed by atoms with van der Waals surface area (Å²) in [5.41, 5.74) is 3.05. The van der Waals surface area contributed by atoms with E-state index in [1.807, 2.05) is 0 Å². The minimum atomic E-state index is 1.10. The summed E-state index contributed by atoms with van der Waals surface area (Å²) in [5.74, 6) is 0. The fourth-order valence-electron chi connectivity index (χ4n) is 3.86. The van der Waals surface area contributed by atoms with E-state index in [4.69, 9.17) is 0 Å². The second-order valence-corrected chi connectivity index (χ2v) is 7.63. The molecule has 4 heteroatoms. The highest BCUT2D eigenvalue weighted by molar-refractivity contribution is 5.27. The highest BCUT2D eigenvalue weighted by atomic mass is 15.2. The van der Waals surface area contributed by atoms with Crippen LogP contribution in [0, 0.1) is 0 Å². The molecule has 1 aromatic carbocycles. The van der Waals surface area contributed by atoms with E-state index in [2.05, 4.69) is 58.0 Å². The molecule has 0 saturated heterocycles. The summed E-state index contributed by atoms with van der Waals surface area (Å²) in [6, 6.07) is 9.10. The number of fused-ring (bicyclic) bond motifs is 2. The van der Waals surface area contributed by atoms with Gasteiger partial charge < -0.3 is 9.80 Å². The molecule has 2 atom stereocenters. The van der Waals surface area contributed by atoms with Crippen LogP contribution < -0.4 is 0 Å². The van der Waals surface area contributed by atoms with Crippen molar-refractivity contribution in [3.05, 3.63) is 35.4 Å². The van der Waals surface area contributed by atoms with Gasteiger partial charge in [0, 0.05) is 39.3 Å². The van der Waals surface area contributed by atoms with Gasteiger partial charge in [0.2, 0.25) is 0 Å². The number of likely N-dealkylation sites (N-methyl/N-ethyl adjacent to an activating group) is 2. The van der Waals surface area contributed by atoms with Crippen molar-refractivity contribution in [3.63, 3.8) is 0 Å². The van der Waals surface area contributed by atoms with E-state index in [0.717, 1.165) is 13.1 Å². The molecule has 2 heterocycles. The third-order valence-electron chi connectivity index (χ3n) is 5.53. The van der Waals surface area contributed by atoms with Crippen LogP contribution in [0.2, 0.25) is 0 Å². The molecule has 0 N–H and O–H groups in total. The van der Waals surface area contributed by atoms with E-state index < -0.39 is 0 Å². The monoisotopic (exact) mass is 330 g/mol. The minimum absolute atomic E-state index is 1.10. The minimum Gasteiger partial charge on any atom is -0.305 e. The van der Waals surface area contributed by atoms with Crippen molar-refractivity contribution in [1.29, 1.82) is 0 Å². The molecule has 0 amide bonds. The van der Waals surface area contributed by atoms with Crippen LogP contribution in [0.3, 0.4) is 0 Å². The molecular weight excluding hydrogens is 296 g/mol. The molecule has 0 saturated carbocycles. The highest BCUT2D eigenvalue weighted by Crippen LogP contribution is 2.16. The third-order valence-corrected chi connectivity index (χ3v) is 5.53. The number of hydrogen-bond acceptors (Lipinski definition) is 4. The average Bonchev–Trinajstić information content (AvgIpc) is 2.56. The second kappa shape index (κ2) is 8.95. The number of benzene rings is 1. The Balaban J connectivity index is 1.87. The number of hydrogen-bond donors (Lipinski definition) is 0. The molecule has 2 unspecified atom stereocenters. The van der Waals surface area contributed by atoms with Gasteiger partial charge in [0.1, 0.15) is 0 Å². The van der Waals surface area contributed by atoms with Crippen molar-refractivity contribution in [2.75, 3.05) is 66.5 Å². The SMILES string of the molecule is CN1CCCN2CCN(C)CCCN(CC1)Cc1ccccc1C2. The lowest BCUT2D eigenvalue weighted by atomic mass is 10.1. The summed E-state index contributed by atoms with van der Waals surface area (Å²) >= 11 is 0. The summed E-state index contributed by atoms with van der Waals surface area (Å²) in [7, 11) is 4.56. The first-order chi connectivity index (χ1) is 11.7. The van der Waals surface area contributed by atoms with Gasteiger partial charge in [-0.15, -0.1) is 0 Å². The Bertz CT molecular complexity index is 459. The van der Waals surface area contributed by atoms with Crippen LogP contribution in [0.25, 0.3) is 0 Å². The van der Waals surface area contributed by atoms with Gasteiger partial charge in [-0.05, 0) is 64.2 Å². The predicted octanol–water partition coefficient (Wildman–Crippen LogP) is 1.96. The van der Waals surface area contributed by atoms with Crippen LogP contribution >= 0.6 is 0 Å². The Morgan fingerprint density at radius 1 is 0.583 bits per heavy atom. The molecule has 0 aliphatic carbocycles. The maximum Gasteiger partial charge on any atom is 0.0237 e. The molecule has 0 radical (unpaired) electrons. The van der Waals surface area contributed by atoms with E-state index in [1.165, 1.54) is 76.3 Å². The summed E-state index contributed by atoms with van der Waals surface area (Å²) in [6.45, 7) is 11.7. The van der Waals surface area contributed by atoms with Crippen LogP contribution in [0.4, 0.5) is 0 Å². The first-order valence-electron chi connectivity index (χ1n) is 9.59. The Kier molecular flexibility index (Phi) is 6.67. The van der Waals surface area contributed by atoms with Crippen molar-refractivity contribution in [2.45, 2.75) is 25.9 Å². The lowest BCUT2D eigenvalue weighted by Gasteiger charge is -2.32. The van der Waals surface area contributed by atoms with Gasteiger partial charge in [0.05, 0.1) is 0 Å². The van der Waals surface area contributed by atoms with E-state index in [-0.39, 0.29) is 0 Å². The van der Waals surface area contributed by atoms with Gasteiger partial charge in [0.25, 0.3) is 0 Å². The van der Waals surface area contributed by atoms with Gasteiger partial charge in [-0.25, -0.2) is 0 Å². The quantitative estimate of drug-likeness (QED) is 0.721. The molecule has 0 spiro atoms. The smallest absolute Gasteiger partial charge is 0.0237 e. The van der Waals surface area contributed by atoms with Crippen LogP contribution in [0.15, 0.2) is 24.3 Å². The van der Waals surface area contributed by atoms with Gasteiger partial charge in [-0.3, -0.25) is 9.80 Å². The van der Waals surface area contributed by atoms with Gasteiger partial charge >= 0.3 is 0 Å². The van der Waals surface area contributed by atoms with Gasteiger partial charge in [0.15, 0.2) is 0 Å². The Morgan fingerprint density at radius 2 is 1.04 bits per heavy atom. The highest BCUT2D eigenvalue weighted by Gasteiger charge is 2.16. The average molecular weight is 331 g/mol. The summed E-state index contributed by atoms with van der Waals surface area (Å²) in [6.07, 6.45) is 2.53. The molecule has 1 aromatic rings.